The number of rotatable bonds is 5. The van der Waals surface area contributed by atoms with E-state index in [4.69, 9.17) is 16.7 Å². The number of nitrogens with zero attached hydrogens (tertiary/aromatic N) is 3. The van der Waals surface area contributed by atoms with Gasteiger partial charge in [-0.1, -0.05) is 11.6 Å². The van der Waals surface area contributed by atoms with Gasteiger partial charge in [0.15, 0.2) is 0 Å². The van der Waals surface area contributed by atoms with Crippen LogP contribution < -0.4 is 0 Å². The van der Waals surface area contributed by atoms with Crippen LogP contribution in [-0.2, 0) is 0 Å². The number of hydrogen-bond acceptors (Lipinski definition) is 3. The predicted molar refractivity (Wildman–Crippen MR) is 68.3 cm³/mol. The van der Waals surface area contributed by atoms with Crippen LogP contribution in [0.3, 0.4) is 0 Å². The maximum Gasteiger partial charge on any atom is 0.0785 e. The van der Waals surface area contributed by atoms with Crippen LogP contribution in [0.2, 0.25) is 5.02 Å². The summed E-state index contributed by atoms with van der Waals surface area (Å²) in [6.07, 6.45) is 7.89. The van der Waals surface area contributed by atoms with E-state index in [-0.39, 0.29) is 0 Å². The Balaban J connectivity index is 1.74. The van der Waals surface area contributed by atoms with Crippen molar-refractivity contribution in [2.75, 3.05) is 26.2 Å². The standard InChI is InChI=1S/C12H20ClN3O/c13-11-9-14-16(10-11)12-3-6-15(7-4-12)5-1-2-8-17/h9-10,12,17H,1-8H2. The summed E-state index contributed by atoms with van der Waals surface area (Å²) in [6, 6.07) is 0.497. The highest BCUT2D eigenvalue weighted by Gasteiger charge is 2.20. The number of piperidine rings is 1. The number of aromatic nitrogens is 2. The molecule has 1 aliphatic rings. The lowest BCUT2D eigenvalue weighted by Gasteiger charge is -2.31. The van der Waals surface area contributed by atoms with Crippen LogP contribution in [0, 0.1) is 0 Å². The lowest BCUT2D eigenvalue weighted by atomic mass is 10.1. The molecule has 0 aliphatic carbocycles. The average molecular weight is 258 g/mol. The molecule has 0 atom stereocenters. The lowest BCUT2D eigenvalue weighted by Crippen LogP contribution is -2.35. The SMILES string of the molecule is OCCCCN1CCC(n2cc(Cl)cn2)CC1. The van der Waals surface area contributed by atoms with Crippen molar-refractivity contribution in [3.8, 4) is 0 Å². The van der Waals surface area contributed by atoms with Crippen molar-refractivity contribution in [1.29, 1.82) is 0 Å². The summed E-state index contributed by atoms with van der Waals surface area (Å²) in [4.78, 5) is 2.47. The number of unbranched alkanes of at least 4 members (excludes halogenated alkanes) is 1. The third kappa shape index (κ3) is 3.69. The summed E-state index contributed by atoms with van der Waals surface area (Å²) in [6.45, 7) is 3.65. The fraction of sp³-hybridized carbons (Fsp3) is 0.750. The summed E-state index contributed by atoms with van der Waals surface area (Å²) in [5.74, 6) is 0. The van der Waals surface area contributed by atoms with Gasteiger partial charge in [-0.05, 0) is 32.2 Å². The van der Waals surface area contributed by atoms with Gasteiger partial charge >= 0.3 is 0 Å². The first-order valence-corrected chi connectivity index (χ1v) is 6.70. The molecule has 5 heteroatoms. The quantitative estimate of drug-likeness (QED) is 0.820. The molecule has 96 valence electrons. The summed E-state index contributed by atoms with van der Waals surface area (Å²) < 4.78 is 1.99. The minimum atomic E-state index is 0.308. The Hall–Kier alpha value is -0.580. The summed E-state index contributed by atoms with van der Waals surface area (Å²) in [7, 11) is 0. The van der Waals surface area contributed by atoms with Gasteiger partial charge in [0.05, 0.1) is 17.3 Å². The molecule has 0 amide bonds. The van der Waals surface area contributed by atoms with Crippen molar-refractivity contribution in [2.45, 2.75) is 31.7 Å². The normalized spacial score (nSPS) is 18.7. The Labute approximate surface area is 107 Å². The van der Waals surface area contributed by atoms with E-state index in [2.05, 4.69) is 10.00 Å². The Kier molecular flexibility index (Phi) is 4.83. The van der Waals surface area contributed by atoms with Gasteiger partial charge in [0, 0.05) is 25.9 Å². The van der Waals surface area contributed by atoms with E-state index in [1.807, 2.05) is 10.9 Å². The Morgan fingerprint density at radius 3 is 2.71 bits per heavy atom. The zero-order chi connectivity index (χ0) is 12.1. The molecule has 0 radical (unpaired) electrons. The summed E-state index contributed by atoms with van der Waals surface area (Å²) in [5, 5.41) is 13.7. The van der Waals surface area contributed by atoms with Crippen molar-refractivity contribution >= 4 is 11.6 Å². The van der Waals surface area contributed by atoms with Crippen LogP contribution >= 0.6 is 11.6 Å². The maximum atomic E-state index is 8.75. The smallest absolute Gasteiger partial charge is 0.0785 e. The van der Waals surface area contributed by atoms with Crippen molar-refractivity contribution in [1.82, 2.24) is 14.7 Å². The van der Waals surface area contributed by atoms with Crippen molar-refractivity contribution in [2.24, 2.45) is 0 Å². The maximum absolute atomic E-state index is 8.75. The first kappa shape index (κ1) is 12.9. The molecule has 17 heavy (non-hydrogen) atoms. The van der Waals surface area contributed by atoms with Gasteiger partial charge in [0.2, 0.25) is 0 Å². The number of likely N-dealkylation sites (tertiary alicyclic amines) is 1. The molecule has 1 aromatic heterocycles. The molecule has 1 aliphatic heterocycles. The molecule has 1 aromatic rings. The highest BCUT2D eigenvalue weighted by Crippen LogP contribution is 2.23. The minimum Gasteiger partial charge on any atom is -0.396 e. The highest BCUT2D eigenvalue weighted by molar-refractivity contribution is 6.30. The molecule has 4 nitrogen and oxygen atoms in total. The van der Waals surface area contributed by atoms with Crippen molar-refractivity contribution < 1.29 is 5.11 Å². The first-order valence-electron chi connectivity index (χ1n) is 6.32. The van der Waals surface area contributed by atoms with Gasteiger partial charge < -0.3 is 10.0 Å². The van der Waals surface area contributed by atoms with Gasteiger partial charge in [0.25, 0.3) is 0 Å². The van der Waals surface area contributed by atoms with Crippen LogP contribution in [0.5, 0.6) is 0 Å². The van der Waals surface area contributed by atoms with Crippen LogP contribution in [0.1, 0.15) is 31.7 Å². The van der Waals surface area contributed by atoms with E-state index < -0.39 is 0 Å². The molecular weight excluding hydrogens is 238 g/mol. The number of hydrogen-bond donors (Lipinski definition) is 1. The fourth-order valence-electron chi connectivity index (χ4n) is 2.37. The topological polar surface area (TPSA) is 41.3 Å². The molecule has 1 N–H and O–H groups in total. The molecule has 0 spiro atoms. The average Bonchev–Trinajstić information content (AvgIpc) is 2.77. The number of aliphatic hydroxyl groups is 1. The van der Waals surface area contributed by atoms with Gasteiger partial charge in [-0.15, -0.1) is 0 Å². The van der Waals surface area contributed by atoms with Crippen LogP contribution in [0.4, 0.5) is 0 Å². The van der Waals surface area contributed by atoms with Gasteiger partial charge in [0.1, 0.15) is 0 Å². The highest BCUT2D eigenvalue weighted by atomic mass is 35.5. The predicted octanol–water partition coefficient (Wildman–Crippen LogP) is 1.95. The zero-order valence-corrected chi connectivity index (χ0v) is 10.8. The van der Waals surface area contributed by atoms with Crippen LogP contribution in [0.25, 0.3) is 0 Å². The first-order chi connectivity index (χ1) is 8.29. The third-order valence-electron chi connectivity index (χ3n) is 3.38. The Bertz CT molecular complexity index is 334. The third-order valence-corrected chi connectivity index (χ3v) is 3.58. The minimum absolute atomic E-state index is 0.308. The molecule has 1 saturated heterocycles. The molecule has 1 fully saturated rings. The molecule has 2 heterocycles. The van der Waals surface area contributed by atoms with Gasteiger partial charge in [-0.25, -0.2) is 0 Å². The summed E-state index contributed by atoms with van der Waals surface area (Å²) in [5.41, 5.74) is 0. The van der Waals surface area contributed by atoms with E-state index in [1.165, 1.54) is 0 Å². The van der Waals surface area contributed by atoms with Crippen molar-refractivity contribution in [3.05, 3.63) is 17.4 Å². The van der Waals surface area contributed by atoms with Crippen LogP contribution in [-0.4, -0.2) is 46.0 Å². The lowest BCUT2D eigenvalue weighted by molar-refractivity contribution is 0.172. The number of aliphatic hydroxyl groups excluding tert-OH is 1. The molecule has 0 saturated carbocycles. The second kappa shape index (κ2) is 6.38. The van der Waals surface area contributed by atoms with E-state index in [1.54, 1.807) is 6.20 Å². The largest absolute Gasteiger partial charge is 0.396 e. The second-order valence-electron chi connectivity index (χ2n) is 4.64. The molecular formula is C12H20ClN3O. The van der Waals surface area contributed by atoms with Crippen molar-refractivity contribution in [3.63, 3.8) is 0 Å². The van der Waals surface area contributed by atoms with Crippen LogP contribution in [0.15, 0.2) is 12.4 Å². The zero-order valence-electron chi connectivity index (χ0n) is 10.1. The molecule has 0 unspecified atom stereocenters. The Morgan fingerprint density at radius 2 is 2.12 bits per heavy atom. The molecule has 2 rings (SSSR count). The van der Waals surface area contributed by atoms with E-state index >= 15 is 0 Å². The second-order valence-corrected chi connectivity index (χ2v) is 5.08. The van der Waals surface area contributed by atoms with Gasteiger partial charge in [-0.3, -0.25) is 4.68 Å². The van der Waals surface area contributed by atoms with E-state index in [9.17, 15) is 0 Å². The van der Waals surface area contributed by atoms with E-state index in [0.29, 0.717) is 12.6 Å². The fourth-order valence-corrected chi connectivity index (χ4v) is 2.51. The molecule has 0 aromatic carbocycles. The summed E-state index contributed by atoms with van der Waals surface area (Å²) >= 11 is 5.88. The Morgan fingerprint density at radius 1 is 1.35 bits per heavy atom. The van der Waals surface area contributed by atoms with Gasteiger partial charge in [-0.2, -0.15) is 5.10 Å². The van der Waals surface area contributed by atoms with E-state index in [0.717, 1.165) is 50.3 Å². The number of halogens is 1. The molecule has 0 bridgehead atoms. The monoisotopic (exact) mass is 257 g/mol.